The summed E-state index contributed by atoms with van der Waals surface area (Å²) in [5.41, 5.74) is 6.06. The van der Waals surface area contributed by atoms with E-state index in [-0.39, 0.29) is 0 Å². The highest BCUT2D eigenvalue weighted by Gasteiger charge is 2.13. The van der Waals surface area contributed by atoms with Crippen LogP contribution in [0.4, 0.5) is 11.4 Å². The van der Waals surface area contributed by atoms with Gasteiger partial charge in [-0.3, -0.25) is 0 Å². The zero-order valence-corrected chi connectivity index (χ0v) is 17.7. The highest BCUT2D eigenvalue weighted by Crippen LogP contribution is 2.26. The number of imidazole rings is 1. The lowest BCUT2D eigenvalue weighted by molar-refractivity contribution is 0.547. The van der Waals surface area contributed by atoms with Crippen molar-refractivity contribution in [2.45, 2.75) is 13.8 Å². The Morgan fingerprint density at radius 3 is 2.45 bits per heavy atom. The molecule has 0 aliphatic carbocycles. The molecule has 5 heteroatoms. The molecule has 0 bridgehead atoms. The number of aromatic amines is 1. The number of anilines is 1. The minimum Gasteiger partial charge on any atom is -0.438 e. The van der Waals surface area contributed by atoms with Gasteiger partial charge < -0.3 is 14.3 Å². The van der Waals surface area contributed by atoms with E-state index in [2.05, 4.69) is 48.0 Å². The van der Waals surface area contributed by atoms with Crippen molar-refractivity contribution < 1.29 is 4.42 Å². The molecule has 2 heterocycles. The second-order valence-electron chi connectivity index (χ2n) is 7.41. The minimum atomic E-state index is 0.537. The maximum absolute atomic E-state index is 6.37. The van der Waals surface area contributed by atoms with Crippen molar-refractivity contribution in [3.8, 4) is 11.4 Å². The Bertz CT molecular complexity index is 1380. The molecule has 0 saturated heterocycles. The molecule has 0 unspecified atom stereocenters. The fourth-order valence-corrected chi connectivity index (χ4v) is 3.85. The fraction of sp³-hybridized carbons (Fsp3) is 0.154. The number of hydrogen-bond acceptors (Lipinski definition) is 4. The van der Waals surface area contributed by atoms with Gasteiger partial charge in [0, 0.05) is 30.2 Å². The molecule has 3 aromatic carbocycles. The number of para-hydroxylation sites is 3. The van der Waals surface area contributed by atoms with E-state index in [4.69, 9.17) is 14.4 Å². The molecule has 5 rings (SSSR count). The van der Waals surface area contributed by atoms with E-state index in [0.717, 1.165) is 57.9 Å². The van der Waals surface area contributed by atoms with Crippen LogP contribution in [0.5, 0.6) is 0 Å². The monoisotopic (exact) mass is 408 g/mol. The van der Waals surface area contributed by atoms with E-state index < -0.39 is 0 Å². The van der Waals surface area contributed by atoms with E-state index in [9.17, 15) is 0 Å². The second kappa shape index (κ2) is 8.11. The SMILES string of the molecule is CCN(CC)c1ccc2cc(-c3nc4ccccc4[nH]3)c(=Nc3ccccc3)oc2c1. The summed E-state index contributed by atoms with van der Waals surface area (Å²) in [7, 11) is 0. The Balaban J connectivity index is 1.75. The van der Waals surface area contributed by atoms with Crippen LogP contribution in [0, 0.1) is 0 Å². The van der Waals surface area contributed by atoms with Crippen molar-refractivity contribution in [1.29, 1.82) is 0 Å². The van der Waals surface area contributed by atoms with E-state index in [0.29, 0.717) is 5.55 Å². The Kier molecular flexibility index (Phi) is 5.00. The first-order chi connectivity index (χ1) is 15.2. The summed E-state index contributed by atoms with van der Waals surface area (Å²) >= 11 is 0. The van der Waals surface area contributed by atoms with Gasteiger partial charge in [0.2, 0.25) is 5.55 Å². The van der Waals surface area contributed by atoms with Gasteiger partial charge in [-0.1, -0.05) is 30.3 Å². The summed E-state index contributed by atoms with van der Waals surface area (Å²) in [6, 6.07) is 26.3. The molecule has 5 aromatic rings. The molecule has 0 amide bonds. The van der Waals surface area contributed by atoms with E-state index in [1.165, 1.54) is 0 Å². The summed E-state index contributed by atoms with van der Waals surface area (Å²) in [5, 5.41) is 1.01. The van der Waals surface area contributed by atoms with Gasteiger partial charge >= 0.3 is 0 Å². The van der Waals surface area contributed by atoms with Gasteiger partial charge in [0.25, 0.3) is 0 Å². The predicted octanol–water partition coefficient (Wildman–Crippen LogP) is 6.05. The van der Waals surface area contributed by atoms with Crippen molar-refractivity contribution in [2.75, 3.05) is 18.0 Å². The molecule has 2 aromatic heterocycles. The van der Waals surface area contributed by atoms with Crippen LogP contribution in [0.15, 0.2) is 88.3 Å². The van der Waals surface area contributed by atoms with Gasteiger partial charge in [-0.15, -0.1) is 0 Å². The number of fused-ring (bicyclic) bond motifs is 2. The minimum absolute atomic E-state index is 0.537. The number of nitrogens with zero attached hydrogens (tertiary/aromatic N) is 3. The molecule has 1 N–H and O–H groups in total. The molecule has 0 atom stereocenters. The van der Waals surface area contributed by atoms with Gasteiger partial charge in [-0.2, -0.15) is 0 Å². The van der Waals surface area contributed by atoms with Crippen molar-refractivity contribution in [1.82, 2.24) is 9.97 Å². The lowest BCUT2D eigenvalue weighted by atomic mass is 10.1. The van der Waals surface area contributed by atoms with E-state index in [1.54, 1.807) is 0 Å². The van der Waals surface area contributed by atoms with Crippen LogP contribution in [0.2, 0.25) is 0 Å². The van der Waals surface area contributed by atoms with Gasteiger partial charge in [-0.25, -0.2) is 9.98 Å². The molecule has 31 heavy (non-hydrogen) atoms. The molecule has 0 radical (unpaired) electrons. The van der Waals surface area contributed by atoms with Crippen molar-refractivity contribution in [3.63, 3.8) is 0 Å². The molecular weight excluding hydrogens is 384 g/mol. The molecule has 154 valence electrons. The average Bonchev–Trinajstić information content (AvgIpc) is 3.24. The van der Waals surface area contributed by atoms with Crippen LogP contribution in [0.25, 0.3) is 33.4 Å². The summed E-state index contributed by atoms with van der Waals surface area (Å²) in [6.45, 7) is 6.21. The van der Waals surface area contributed by atoms with Gasteiger partial charge in [-0.05, 0) is 56.3 Å². The third-order valence-electron chi connectivity index (χ3n) is 5.49. The van der Waals surface area contributed by atoms with Crippen LogP contribution in [0.1, 0.15) is 13.8 Å². The molecule has 0 saturated carbocycles. The summed E-state index contributed by atoms with van der Waals surface area (Å²) in [4.78, 5) is 15.3. The fourth-order valence-electron chi connectivity index (χ4n) is 3.85. The third kappa shape index (κ3) is 3.70. The lowest BCUT2D eigenvalue weighted by Crippen LogP contribution is -2.21. The topological polar surface area (TPSA) is 57.4 Å². The molecule has 0 fully saturated rings. The van der Waals surface area contributed by atoms with Gasteiger partial charge in [0.15, 0.2) is 0 Å². The molecule has 0 aliphatic heterocycles. The first kappa shape index (κ1) is 19.1. The first-order valence-electron chi connectivity index (χ1n) is 10.6. The van der Waals surface area contributed by atoms with Gasteiger partial charge in [0.1, 0.15) is 11.4 Å². The Morgan fingerprint density at radius 1 is 0.903 bits per heavy atom. The molecule has 0 aliphatic rings. The second-order valence-corrected chi connectivity index (χ2v) is 7.41. The zero-order valence-electron chi connectivity index (χ0n) is 17.7. The number of benzene rings is 3. The molecule has 0 spiro atoms. The predicted molar refractivity (Wildman–Crippen MR) is 127 cm³/mol. The standard InChI is InChI=1S/C26H24N4O/c1-3-30(4-2)20-15-14-18-16-21(25-28-22-12-8-9-13-23(22)29-25)26(31-24(18)17-20)27-19-10-6-5-7-11-19/h5-17H,3-4H2,1-2H3,(H,28,29). The number of aromatic nitrogens is 2. The highest BCUT2D eigenvalue weighted by molar-refractivity contribution is 5.85. The smallest absolute Gasteiger partial charge is 0.230 e. The van der Waals surface area contributed by atoms with Crippen LogP contribution < -0.4 is 10.5 Å². The number of H-pyrrole nitrogens is 1. The summed E-state index contributed by atoms with van der Waals surface area (Å²) in [5.74, 6) is 0.745. The van der Waals surface area contributed by atoms with Gasteiger partial charge in [0.05, 0.1) is 22.3 Å². The maximum atomic E-state index is 6.37. The van der Waals surface area contributed by atoms with Crippen molar-refractivity contribution in [3.05, 3.63) is 84.4 Å². The Labute approximate surface area is 180 Å². The quantitative estimate of drug-likeness (QED) is 0.385. The van der Waals surface area contributed by atoms with Crippen molar-refractivity contribution in [2.24, 2.45) is 4.99 Å². The van der Waals surface area contributed by atoms with Crippen LogP contribution in [0.3, 0.4) is 0 Å². The van der Waals surface area contributed by atoms with Crippen LogP contribution in [-0.4, -0.2) is 23.1 Å². The largest absolute Gasteiger partial charge is 0.438 e. The lowest BCUT2D eigenvalue weighted by Gasteiger charge is -2.21. The highest BCUT2D eigenvalue weighted by atomic mass is 16.3. The third-order valence-corrected chi connectivity index (χ3v) is 5.49. The number of hydrogen-bond donors (Lipinski definition) is 1. The maximum Gasteiger partial charge on any atom is 0.230 e. The van der Waals surface area contributed by atoms with Crippen LogP contribution in [-0.2, 0) is 0 Å². The number of rotatable bonds is 5. The number of nitrogens with one attached hydrogen (secondary N) is 1. The van der Waals surface area contributed by atoms with E-state index in [1.807, 2.05) is 54.6 Å². The zero-order chi connectivity index (χ0) is 21.2. The van der Waals surface area contributed by atoms with E-state index >= 15 is 0 Å². The first-order valence-corrected chi connectivity index (χ1v) is 10.6. The summed E-state index contributed by atoms with van der Waals surface area (Å²) in [6.07, 6.45) is 0. The Morgan fingerprint density at radius 2 is 1.68 bits per heavy atom. The van der Waals surface area contributed by atoms with Crippen molar-refractivity contribution >= 4 is 33.4 Å². The normalized spacial score (nSPS) is 12.0. The summed E-state index contributed by atoms with van der Waals surface area (Å²) < 4.78 is 6.37. The molecule has 5 nitrogen and oxygen atoms in total. The average molecular weight is 409 g/mol. The van der Waals surface area contributed by atoms with Crippen LogP contribution >= 0.6 is 0 Å². The molecular formula is C26H24N4O. The Hall–Kier alpha value is -3.86.